The summed E-state index contributed by atoms with van der Waals surface area (Å²) < 4.78 is 1.97. The molecule has 1 aromatic rings. The molecule has 0 fully saturated rings. The molecule has 0 aliphatic carbocycles. The van der Waals surface area contributed by atoms with Crippen LogP contribution in [0.3, 0.4) is 0 Å². The summed E-state index contributed by atoms with van der Waals surface area (Å²) >= 11 is 0. The fourth-order valence-electron chi connectivity index (χ4n) is 1.30. The topological polar surface area (TPSA) is 38.0 Å². The minimum atomic E-state index is 0.256. The smallest absolute Gasteiger partial charge is 0.0625 e. The van der Waals surface area contributed by atoms with Crippen molar-refractivity contribution in [3.8, 4) is 0 Å². The van der Waals surface area contributed by atoms with Crippen LogP contribution in [-0.2, 0) is 6.42 Å². The Balaban J connectivity index is 2.71. The van der Waals surface area contributed by atoms with E-state index in [1.165, 1.54) is 5.56 Å². The van der Waals surface area contributed by atoms with E-state index in [-0.39, 0.29) is 6.61 Å². The number of rotatable bonds is 4. The normalized spacial score (nSPS) is 11.2. The van der Waals surface area contributed by atoms with Crippen molar-refractivity contribution in [1.29, 1.82) is 0 Å². The van der Waals surface area contributed by atoms with Crippen molar-refractivity contribution in [3.63, 3.8) is 0 Å². The van der Waals surface area contributed by atoms with Crippen LogP contribution in [0.1, 0.15) is 37.6 Å². The van der Waals surface area contributed by atoms with Gasteiger partial charge in [0.2, 0.25) is 0 Å². The predicted octanol–water partition coefficient (Wildman–Crippen LogP) is 1.70. The van der Waals surface area contributed by atoms with Gasteiger partial charge < -0.3 is 5.11 Å². The molecule has 13 heavy (non-hydrogen) atoms. The number of aliphatic hydroxyl groups is 1. The van der Waals surface area contributed by atoms with Gasteiger partial charge in [-0.3, -0.25) is 4.68 Å². The highest BCUT2D eigenvalue weighted by Crippen LogP contribution is 2.11. The van der Waals surface area contributed by atoms with Gasteiger partial charge in [0, 0.05) is 18.8 Å². The van der Waals surface area contributed by atoms with E-state index in [0.717, 1.165) is 18.5 Å². The lowest BCUT2D eigenvalue weighted by atomic mass is 10.1. The van der Waals surface area contributed by atoms with Gasteiger partial charge in [0.25, 0.3) is 0 Å². The molecule has 1 aromatic heterocycles. The van der Waals surface area contributed by atoms with Crippen molar-refractivity contribution in [3.05, 3.63) is 17.5 Å². The van der Waals surface area contributed by atoms with E-state index in [1.54, 1.807) is 0 Å². The van der Waals surface area contributed by atoms with Gasteiger partial charge >= 0.3 is 0 Å². The second-order valence-corrected chi connectivity index (χ2v) is 3.64. The van der Waals surface area contributed by atoms with Crippen LogP contribution in [-0.4, -0.2) is 21.5 Å². The molecular weight excluding hydrogens is 164 g/mol. The maximum Gasteiger partial charge on any atom is 0.0625 e. The molecule has 0 aliphatic heterocycles. The van der Waals surface area contributed by atoms with Gasteiger partial charge in [-0.05, 0) is 39.2 Å². The lowest BCUT2D eigenvalue weighted by molar-refractivity contribution is 0.288. The molecule has 1 heterocycles. The predicted molar refractivity (Wildman–Crippen MR) is 52.8 cm³/mol. The lowest BCUT2D eigenvalue weighted by Gasteiger charge is -2.02. The largest absolute Gasteiger partial charge is 0.396 e. The third kappa shape index (κ3) is 2.56. The highest BCUT2D eigenvalue weighted by molar-refractivity contribution is 5.15. The second kappa shape index (κ2) is 4.42. The Hall–Kier alpha value is -0.830. The first-order valence-corrected chi connectivity index (χ1v) is 4.80. The summed E-state index contributed by atoms with van der Waals surface area (Å²) in [4.78, 5) is 0. The quantitative estimate of drug-likeness (QED) is 0.769. The summed E-state index contributed by atoms with van der Waals surface area (Å²) in [6.07, 6.45) is 3.83. The molecule has 0 saturated carbocycles. The average Bonchev–Trinajstić information content (AvgIpc) is 2.44. The van der Waals surface area contributed by atoms with E-state index in [1.807, 2.05) is 11.6 Å². The number of nitrogens with zero attached hydrogens (tertiary/aromatic N) is 2. The van der Waals surface area contributed by atoms with Gasteiger partial charge in [0.15, 0.2) is 0 Å². The fourth-order valence-corrected chi connectivity index (χ4v) is 1.30. The molecule has 0 atom stereocenters. The molecule has 1 N–H and O–H groups in total. The third-order valence-electron chi connectivity index (χ3n) is 2.15. The van der Waals surface area contributed by atoms with Crippen LogP contribution in [0.2, 0.25) is 0 Å². The summed E-state index contributed by atoms with van der Waals surface area (Å²) in [5.74, 6) is 0. The number of hydrogen-bond donors (Lipinski definition) is 1. The molecule has 0 spiro atoms. The van der Waals surface area contributed by atoms with Gasteiger partial charge in [0.05, 0.1) is 5.69 Å². The maximum atomic E-state index is 8.71. The zero-order chi connectivity index (χ0) is 9.84. The SMILES string of the molecule is Cc1nn(C(C)C)cc1CCCO. The summed E-state index contributed by atoms with van der Waals surface area (Å²) in [6, 6.07) is 0.418. The first kappa shape index (κ1) is 10.3. The van der Waals surface area contributed by atoms with Crippen LogP contribution in [0, 0.1) is 6.92 Å². The molecule has 0 bridgehead atoms. The molecule has 3 heteroatoms. The van der Waals surface area contributed by atoms with E-state index in [2.05, 4.69) is 25.1 Å². The van der Waals surface area contributed by atoms with Crippen molar-refractivity contribution in [1.82, 2.24) is 9.78 Å². The van der Waals surface area contributed by atoms with E-state index in [4.69, 9.17) is 5.11 Å². The van der Waals surface area contributed by atoms with Gasteiger partial charge in [-0.25, -0.2) is 0 Å². The molecule has 0 saturated heterocycles. The lowest BCUT2D eigenvalue weighted by Crippen LogP contribution is -2.00. The summed E-state index contributed by atoms with van der Waals surface area (Å²) in [6.45, 7) is 6.50. The van der Waals surface area contributed by atoms with Crippen LogP contribution in [0.15, 0.2) is 6.20 Å². The zero-order valence-corrected chi connectivity index (χ0v) is 8.62. The Morgan fingerprint density at radius 1 is 1.54 bits per heavy atom. The highest BCUT2D eigenvalue weighted by Gasteiger charge is 2.05. The van der Waals surface area contributed by atoms with E-state index < -0.39 is 0 Å². The minimum absolute atomic E-state index is 0.256. The minimum Gasteiger partial charge on any atom is -0.396 e. The van der Waals surface area contributed by atoms with Crippen LogP contribution in [0.5, 0.6) is 0 Å². The third-order valence-corrected chi connectivity index (χ3v) is 2.15. The second-order valence-electron chi connectivity index (χ2n) is 3.64. The maximum absolute atomic E-state index is 8.71. The summed E-state index contributed by atoms with van der Waals surface area (Å²) in [7, 11) is 0. The molecular formula is C10H18N2O. The number of hydrogen-bond acceptors (Lipinski definition) is 2. The fraction of sp³-hybridized carbons (Fsp3) is 0.700. The van der Waals surface area contributed by atoms with E-state index >= 15 is 0 Å². The van der Waals surface area contributed by atoms with E-state index in [0.29, 0.717) is 6.04 Å². The van der Waals surface area contributed by atoms with Gasteiger partial charge in [-0.2, -0.15) is 5.10 Å². The Morgan fingerprint density at radius 2 is 2.23 bits per heavy atom. The molecule has 0 amide bonds. The molecule has 1 rings (SSSR count). The number of aromatic nitrogens is 2. The van der Waals surface area contributed by atoms with Crippen LogP contribution in [0.25, 0.3) is 0 Å². The zero-order valence-electron chi connectivity index (χ0n) is 8.62. The number of aryl methyl sites for hydroxylation is 2. The van der Waals surface area contributed by atoms with Crippen molar-refractivity contribution >= 4 is 0 Å². The van der Waals surface area contributed by atoms with Crippen molar-refractivity contribution in [2.75, 3.05) is 6.61 Å². The van der Waals surface area contributed by atoms with Gasteiger partial charge in [-0.15, -0.1) is 0 Å². The van der Waals surface area contributed by atoms with Crippen LogP contribution < -0.4 is 0 Å². The molecule has 0 aliphatic rings. The molecule has 74 valence electrons. The summed E-state index contributed by atoms with van der Waals surface area (Å²) in [5, 5.41) is 13.1. The van der Waals surface area contributed by atoms with Crippen molar-refractivity contribution in [2.24, 2.45) is 0 Å². The van der Waals surface area contributed by atoms with Crippen molar-refractivity contribution in [2.45, 2.75) is 39.7 Å². The molecule has 0 aromatic carbocycles. The van der Waals surface area contributed by atoms with Crippen LogP contribution >= 0.6 is 0 Å². The Kier molecular flexibility index (Phi) is 3.48. The van der Waals surface area contributed by atoms with Crippen molar-refractivity contribution < 1.29 is 5.11 Å². The van der Waals surface area contributed by atoms with Gasteiger partial charge in [0.1, 0.15) is 0 Å². The Morgan fingerprint density at radius 3 is 2.69 bits per heavy atom. The molecule has 3 nitrogen and oxygen atoms in total. The standard InChI is InChI=1S/C10H18N2O/c1-8(2)12-7-10(5-4-6-13)9(3)11-12/h7-8,13H,4-6H2,1-3H3. The molecule has 0 radical (unpaired) electrons. The van der Waals surface area contributed by atoms with Crippen LogP contribution in [0.4, 0.5) is 0 Å². The summed E-state index contributed by atoms with van der Waals surface area (Å²) in [5.41, 5.74) is 2.34. The van der Waals surface area contributed by atoms with E-state index in [9.17, 15) is 0 Å². The Labute approximate surface area is 79.4 Å². The van der Waals surface area contributed by atoms with Gasteiger partial charge in [-0.1, -0.05) is 0 Å². The monoisotopic (exact) mass is 182 g/mol. The first-order valence-electron chi connectivity index (χ1n) is 4.80. The number of aliphatic hydroxyl groups excluding tert-OH is 1. The average molecular weight is 182 g/mol. The Bertz CT molecular complexity index is 266. The first-order chi connectivity index (χ1) is 6.15. The molecule has 0 unspecified atom stereocenters. The highest BCUT2D eigenvalue weighted by atomic mass is 16.2.